The summed E-state index contributed by atoms with van der Waals surface area (Å²) in [5, 5.41) is 3.30. The SMILES string of the molecule is CCNCc1ccc(F)cc1-c1cc(C)c(OC)c(C)c1. The highest BCUT2D eigenvalue weighted by Crippen LogP contribution is 2.32. The number of hydrogen-bond acceptors (Lipinski definition) is 2. The number of benzene rings is 2. The Morgan fingerprint density at radius 1 is 1.10 bits per heavy atom. The molecule has 0 aromatic heterocycles. The van der Waals surface area contributed by atoms with Crippen LogP contribution in [-0.4, -0.2) is 13.7 Å². The Hall–Kier alpha value is -1.87. The van der Waals surface area contributed by atoms with Crippen LogP contribution in [0, 0.1) is 19.7 Å². The molecule has 0 aliphatic heterocycles. The number of hydrogen-bond donors (Lipinski definition) is 1. The minimum absolute atomic E-state index is 0.212. The molecule has 2 rings (SSSR count). The minimum atomic E-state index is -0.212. The molecule has 2 nitrogen and oxygen atoms in total. The third-order valence-corrected chi connectivity index (χ3v) is 3.61. The monoisotopic (exact) mass is 287 g/mol. The molecule has 3 heteroatoms. The molecule has 0 fully saturated rings. The molecule has 0 amide bonds. The van der Waals surface area contributed by atoms with Crippen LogP contribution >= 0.6 is 0 Å². The van der Waals surface area contributed by atoms with E-state index in [-0.39, 0.29) is 5.82 Å². The summed E-state index contributed by atoms with van der Waals surface area (Å²) in [4.78, 5) is 0. The van der Waals surface area contributed by atoms with Crippen molar-refractivity contribution < 1.29 is 9.13 Å². The van der Waals surface area contributed by atoms with Gasteiger partial charge in [0.05, 0.1) is 7.11 Å². The first-order valence-electron chi connectivity index (χ1n) is 7.21. The standard InChI is InChI=1S/C18H22FNO/c1-5-20-11-14-6-7-16(19)10-17(14)15-8-12(2)18(21-4)13(3)9-15/h6-10,20H,5,11H2,1-4H3. The van der Waals surface area contributed by atoms with E-state index in [9.17, 15) is 4.39 Å². The van der Waals surface area contributed by atoms with Crippen molar-refractivity contribution in [3.63, 3.8) is 0 Å². The molecule has 0 spiro atoms. The molecule has 0 saturated carbocycles. The lowest BCUT2D eigenvalue weighted by Crippen LogP contribution is -2.12. The van der Waals surface area contributed by atoms with E-state index in [0.717, 1.165) is 46.7 Å². The molecule has 0 aliphatic carbocycles. The van der Waals surface area contributed by atoms with Gasteiger partial charge in [-0.25, -0.2) is 4.39 Å². The largest absolute Gasteiger partial charge is 0.496 e. The highest BCUT2D eigenvalue weighted by atomic mass is 19.1. The fraction of sp³-hybridized carbons (Fsp3) is 0.333. The van der Waals surface area contributed by atoms with E-state index in [1.807, 2.05) is 19.9 Å². The lowest BCUT2D eigenvalue weighted by molar-refractivity contribution is 0.408. The minimum Gasteiger partial charge on any atom is -0.496 e. The first-order valence-corrected chi connectivity index (χ1v) is 7.21. The van der Waals surface area contributed by atoms with Gasteiger partial charge in [0.2, 0.25) is 0 Å². The lowest BCUT2D eigenvalue weighted by atomic mass is 9.95. The molecule has 0 unspecified atom stereocenters. The van der Waals surface area contributed by atoms with E-state index < -0.39 is 0 Å². The molecule has 0 aliphatic rings. The highest BCUT2D eigenvalue weighted by molar-refractivity contribution is 5.70. The van der Waals surface area contributed by atoms with Gasteiger partial charge in [-0.15, -0.1) is 0 Å². The molecule has 112 valence electrons. The van der Waals surface area contributed by atoms with Crippen molar-refractivity contribution in [2.45, 2.75) is 27.3 Å². The summed E-state index contributed by atoms with van der Waals surface area (Å²) < 4.78 is 19.1. The predicted molar refractivity (Wildman–Crippen MR) is 85.2 cm³/mol. The second-order valence-electron chi connectivity index (χ2n) is 5.23. The van der Waals surface area contributed by atoms with Crippen molar-refractivity contribution >= 4 is 0 Å². The predicted octanol–water partition coefficient (Wildman–Crippen LogP) is 4.23. The first-order chi connectivity index (χ1) is 10.1. The van der Waals surface area contributed by atoms with Crippen LogP contribution in [0.5, 0.6) is 5.75 Å². The molecule has 0 saturated heterocycles. The van der Waals surface area contributed by atoms with Gasteiger partial charge >= 0.3 is 0 Å². The molecule has 2 aromatic carbocycles. The van der Waals surface area contributed by atoms with E-state index in [1.165, 1.54) is 6.07 Å². The number of methoxy groups -OCH3 is 1. The Bertz CT molecular complexity index is 614. The summed E-state index contributed by atoms with van der Waals surface area (Å²) in [6.45, 7) is 7.70. The first kappa shape index (κ1) is 15.5. The second-order valence-corrected chi connectivity index (χ2v) is 5.23. The van der Waals surface area contributed by atoms with E-state index in [2.05, 4.69) is 24.4 Å². The van der Waals surface area contributed by atoms with Gasteiger partial charge in [0.15, 0.2) is 0 Å². The molecule has 2 aromatic rings. The van der Waals surface area contributed by atoms with Gasteiger partial charge in [0.25, 0.3) is 0 Å². The number of rotatable bonds is 5. The average Bonchev–Trinajstić information content (AvgIpc) is 2.45. The summed E-state index contributed by atoms with van der Waals surface area (Å²) in [5.41, 5.74) is 5.18. The van der Waals surface area contributed by atoms with Gasteiger partial charge in [0, 0.05) is 6.54 Å². The molecular formula is C18H22FNO. The van der Waals surface area contributed by atoms with Gasteiger partial charge in [-0.05, 0) is 72.5 Å². The zero-order valence-corrected chi connectivity index (χ0v) is 13.1. The zero-order valence-electron chi connectivity index (χ0n) is 13.1. The molecular weight excluding hydrogens is 265 g/mol. The topological polar surface area (TPSA) is 21.3 Å². The van der Waals surface area contributed by atoms with E-state index in [1.54, 1.807) is 13.2 Å². The van der Waals surface area contributed by atoms with E-state index in [4.69, 9.17) is 4.74 Å². The maximum atomic E-state index is 13.7. The third kappa shape index (κ3) is 3.42. The van der Waals surface area contributed by atoms with Crippen LogP contribution in [0.3, 0.4) is 0 Å². The number of halogens is 1. The average molecular weight is 287 g/mol. The van der Waals surface area contributed by atoms with Crippen LogP contribution in [0.1, 0.15) is 23.6 Å². The normalized spacial score (nSPS) is 10.7. The van der Waals surface area contributed by atoms with Crippen LogP contribution < -0.4 is 10.1 Å². The Balaban J connectivity index is 2.52. The molecule has 0 radical (unpaired) electrons. The van der Waals surface area contributed by atoms with Crippen molar-refractivity contribution in [2.24, 2.45) is 0 Å². The third-order valence-electron chi connectivity index (χ3n) is 3.61. The molecule has 0 atom stereocenters. The van der Waals surface area contributed by atoms with Crippen molar-refractivity contribution in [3.05, 3.63) is 52.8 Å². The van der Waals surface area contributed by atoms with Gasteiger partial charge in [-0.1, -0.05) is 13.0 Å². The quantitative estimate of drug-likeness (QED) is 0.888. The van der Waals surface area contributed by atoms with Gasteiger partial charge in [0.1, 0.15) is 11.6 Å². The van der Waals surface area contributed by atoms with Crippen molar-refractivity contribution in [1.29, 1.82) is 0 Å². The Morgan fingerprint density at radius 2 is 1.76 bits per heavy atom. The maximum absolute atomic E-state index is 13.7. The lowest BCUT2D eigenvalue weighted by Gasteiger charge is -2.15. The van der Waals surface area contributed by atoms with Crippen LogP contribution in [0.15, 0.2) is 30.3 Å². The van der Waals surface area contributed by atoms with Gasteiger partial charge < -0.3 is 10.1 Å². The zero-order chi connectivity index (χ0) is 15.4. The van der Waals surface area contributed by atoms with Crippen LogP contribution in [0.4, 0.5) is 4.39 Å². The fourth-order valence-electron chi connectivity index (χ4n) is 2.66. The van der Waals surface area contributed by atoms with E-state index >= 15 is 0 Å². The van der Waals surface area contributed by atoms with Gasteiger partial charge in [-0.3, -0.25) is 0 Å². The summed E-state index contributed by atoms with van der Waals surface area (Å²) in [6, 6.07) is 9.07. The fourth-order valence-corrected chi connectivity index (χ4v) is 2.66. The second kappa shape index (κ2) is 6.72. The molecule has 21 heavy (non-hydrogen) atoms. The summed E-state index contributed by atoms with van der Waals surface area (Å²) in [6.07, 6.45) is 0. The van der Waals surface area contributed by atoms with Crippen molar-refractivity contribution in [3.8, 4) is 16.9 Å². The Morgan fingerprint density at radius 3 is 2.33 bits per heavy atom. The molecule has 0 bridgehead atoms. The van der Waals surface area contributed by atoms with Crippen LogP contribution in [-0.2, 0) is 6.54 Å². The summed E-state index contributed by atoms with van der Waals surface area (Å²) >= 11 is 0. The number of ether oxygens (including phenoxy) is 1. The van der Waals surface area contributed by atoms with Crippen LogP contribution in [0.25, 0.3) is 11.1 Å². The molecule has 0 heterocycles. The van der Waals surface area contributed by atoms with Crippen molar-refractivity contribution in [1.82, 2.24) is 5.32 Å². The Kier molecular flexibility index (Phi) is 4.97. The maximum Gasteiger partial charge on any atom is 0.124 e. The van der Waals surface area contributed by atoms with Crippen molar-refractivity contribution in [2.75, 3.05) is 13.7 Å². The van der Waals surface area contributed by atoms with Crippen LogP contribution in [0.2, 0.25) is 0 Å². The highest BCUT2D eigenvalue weighted by Gasteiger charge is 2.11. The number of nitrogens with one attached hydrogen (secondary N) is 1. The smallest absolute Gasteiger partial charge is 0.124 e. The summed E-state index contributed by atoms with van der Waals surface area (Å²) in [7, 11) is 1.67. The summed E-state index contributed by atoms with van der Waals surface area (Å²) in [5.74, 6) is 0.680. The molecule has 1 N–H and O–H groups in total. The van der Waals surface area contributed by atoms with E-state index in [0.29, 0.717) is 0 Å². The number of aryl methyl sites for hydroxylation is 2. The Labute approximate surface area is 126 Å². The van der Waals surface area contributed by atoms with Gasteiger partial charge in [-0.2, -0.15) is 0 Å².